The van der Waals surface area contributed by atoms with Crippen molar-refractivity contribution in [1.29, 1.82) is 0 Å². The van der Waals surface area contributed by atoms with Gasteiger partial charge in [-0.3, -0.25) is 4.79 Å². The molecule has 3 N–H and O–H groups in total. The molecule has 78 valence electrons. The molecule has 0 radical (unpaired) electrons. The van der Waals surface area contributed by atoms with Gasteiger partial charge >= 0.3 is 0 Å². The molecule has 1 rings (SSSR count). The number of hydrogen-bond acceptors (Lipinski definition) is 3. The monoisotopic (exact) mass is 324 g/mol. The molecule has 1 amide bonds. The summed E-state index contributed by atoms with van der Waals surface area (Å²) < 4.78 is 1.11. The first-order valence-electron chi connectivity index (χ1n) is 4.21. The van der Waals surface area contributed by atoms with Gasteiger partial charge in [-0.2, -0.15) is 0 Å². The Morgan fingerprint density at radius 3 is 2.79 bits per heavy atom. The van der Waals surface area contributed by atoms with E-state index >= 15 is 0 Å². The number of hydrogen-bond donors (Lipinski definition) is 2. The van der Waals surface area contributed by atoms with Gasteiger partial charge in [0.2, 0.25) is 0 Å². The van der Waals surface area contributed by atoms with Crippen LogP contribution in [0.15, 0.2) is 11.4 Å². The van der Waals surface area contributed by atoms with Crippen molar-refractivity contribution in [3.05, 3.63) is 19.9 Å². The number of halogens is 1. The SMILES string of the molecule is CC(C)(CN)NC(=O)c1csc(I)c1. The second-order valence-electron chi connectivity index (χ2n) is 3.68. The third-order valence-corrected chi connectivity index (χ3v) is 3.58. The molecule has 0 saturated heterocycles. The molecule has 1 aromatic rings. The highest BCUT2D eigenvalue weighted by Crippen LogP contribution is 2.17. The molecule has 0 unspecified atom stereocenters. The lowest BCUT2D eigenvalue weighted by Crippen LogP contribution is -2.48. The van der Waals surface area contributed by atoms with Crippen molar-refractivity contribution in [3.8, 4) is 0 Å². The normalized spacial score (nSPS) is 11.4. The Balaban J connectivity index is 2.68. The van der Waals surface area contributed by atoms with Crippen LogP contribution < -0.4 is 11.1 Å². The Morgan fingerprint density at radius 2 is 2.36 bits per heavy atom. The summed E-state index contributed by atoms with van der Waals surface area (Å²) in [4.78, 5) is 11.7. The number of carbonyl (C=O) groups is 1. The zero-order valence-corrected chi connectivity index (χ0v) is 11.1. The fourth-order valence-corrected chi connectivity index (χ4v) is 2.19. The van der Waals surface area contributed by atoms with E-state index in [0.29, 0.717) is 12.1 Å². The number of carbonyl (C=O) groups excluding carboxylic acids is 1. The molecular formula is C9H13IN2OS. The van der Waals surface area contributed by atoms with Crippen molar-refractivity contribution in [2.45, 2.75) is 19.4 Å². The molecule has 0 aliphatic rings. The van der Waals surface area contributed by atoms with Gasteiger partial charge in [0.15, 0.2) is 0 Å². The van der Waals surface area contributed by atoms with Crippen molar-refractivity contribution in [3.63, 3.8) is 0 Å². The average molecular weight is 324 g/mol. The van der Waals surface area contributed by atoms with Gasteiger partial charge in [-0.1, -0.05) is 0 Å². The summed E-state index contributed by atoms with van der Waals surface area (Å²) in [5.41, 5.74) is 5.89. The summed E-state index contributed by atoms with van der Waals surface area (Å²) in [7, 11) is 0. The Labute approximate surface area is 101 Å². The van der Waals surface area contributed by atoms with Crippen LogP contribution in [0.1, 0.15) is 24.2 Å². The first-order valence-corrected chi connectivity index (χ1v) is 6.17. The maximum absolute atomic E-state index is 11.7. The quantitative estimate of drug-likeness (QED) is 0.834. The lowest BCUT2D eigenvalue weighted by Gasteiger charge is -2.23. The average Bonchev–Trinajstić information content (AvgIpc) is 2.51. The second kappa shape index (κ2) is 4.59. The Morgan fingerprint density at radius 1 is 1.71 bits per heavy atom. The summed E-state index contributed by atoms with van der Waals surface area (Å²) in [5.74, 6) is -0.0559. The number of nitrogens with one attached hydrogen (secondary N) is 1. The van der Waals surface area contributed by atoms with Crippen LogP contribution in [-0.2, 0) is 0 Å². The van der Waals surface area contributed by atoms with Gasteiger partial charge in [-0.25, -0.2) is 0 Å². The minimum Gasteiger partial charge on any atom is -0.346 e. The highest BCUT2D eigenvalue weighted by molar-refractivity contribution is 14.1. The van der Waals surface area contributed by atoms with E-state index in [-0.39, 0.29) is 11.4 Å². The smallest absolute Gasteiger partial charge is 0.252 e. The maximum Gasteiger partial charge on any atom is 0.252 e. The van der Waals surface area contributed by atoms with Crippen LogP contribution in [0.4, 0.5) is 0 Å². The standard InChI is InChI=1S/C9H13IN2OS/c1-9(2,5-11)12-8(13)6-3-7(10)14-4-6/h3-4H,5,11H2,1-2H3,(H,12,13). The van der Waals surface area contributed by atoms with Crippen molar-refractivity contribution in [2.24, 2.45) is 5.73 Å². The Hall–Kier alpha value is -0.140. The number of amides is 1. The van der Waals surface area contributed by atoms with Crippen LogP contribution in [-0.4, -0.2) is 18.0 Å². The molecule has 3 nitrogen and oxygen atoms in total. The molecule has 1 heterocycles. The molecule has 0 atom stereocenters. The minimum atomic E-state index is -0.343. The molecule has 5 heteroatoms. The molecule has 0 aliphatic carbocycles. The van der Waals surface area contributed by atoms with E-state index in [4.69, 9.17) is 5.73 Å². The van der Waals surface area contributed by atoms with E-state index in [0.717, 1.165) is 2.88 Å². The largest absolute Gasteiger partial charge is 0.346 e. The second-order valence-corrected chi connectivity index (χ2v) is 6.49. The summed E-state index contributed by atoms with van der Waals surface area (Å²) >= 11 is 3.76. The van der Waals surface area contributed by atoms with Gasteiger partial charge in [-0.15, -0.1) is 11.3 Å². The van der Waals surface area contributed by atoms with Crippen molar-refractivity contribution in [1.82, 2.24) is 5.32 Å². The highest BCUT2D eigenvalue weighted by atomic mass is 127. The highest BCUT2D eigenvalue weighted by Gasteiger charge is 2.19. The molecule has 0 bridgehead atoms. The predicted molar refractivity (Wildman–Crippen MR) is 67.6 cm³/mol. The van der Waals surface area contributed by atoms with Gasteiger partial charge in [0.1, 0.15) is 0 Å². The van der Waals surface area contributed by atoms with Crippen LogP contribution in [0.25, 0.3) is 0 Å². The van der Waals surface area contributed by atoms with E-state index in [1.54, 1.807) is 11.3 Å². The van der Waals surface area contributed by atoms with Gasteiger partial charge in [0.25, 0.3) is 5.91 Å². The molecular weight excluding hydrogens is 311 g/mol. The van der Waals surface area contributed by atoms with E-state index in [1.807, 2.05) is 25.3 Å². The lowest BCUT2D eigenvalue weighted by atomic mass is 10.1. The summed E-state index contributed by atoms with van der Waals surface area (Å²) in [6.45, 7) is 4.24. The van der Waals surface area contributed by atoms with E-state index in [2.05, 4.69) is 27.9 Å². The van der Waals surface area contributed by atoms with Crippen molar-refractivity contribution < 1.29 is 4.79 Å². The van der Waals surface area contributed by atoms with Gasteiger partial charge < -0.3 is 11.1 Å². The van der Waals surface area contributed by atoms with E-state index < -0.39 is 0 Å². The third kappa shape index (κ3) is 3.21. The van der Waals surface area contributed by atoms with Crippen LogP contribution in [0.3, 0.4) is 0 Å². The topological polar surface area (TPSA) is 55.1 Å². The minimum absolute atomic E-state index is 0.0559. The van der Waals surface area contributed by atoms with Crippen LogP contribution in [0.5, 0.6) is 0 Å². The third-order valence-electron chi connectivity index (χ3n) is 1.79. The molecule has 14 heavy (non-hydrogen) atoms. The molecule has 0 aromatic carbocycles. The molecule has 0 saturated carbocycles. The lowest BCUT2D eigenvalue weighted by molar-refractivity contribution is 0.0916. The molecule has 0 fully saturated rings. The predicted octanol–water partition coefficient (Wildman–Crippen LogP) is 1.82. The Bertz CT molecular complexity index is 335. The summed E-state index contributed by atoms with van der Waals surface area (Å²) in [6, 6.07) is 1.87. The maximum atomic E-state index is 11.7. The zero-order chi connectivity index (χ0) is 10.8. The number of thiophene rings is 1. The van der Waals surface area contributed by atoms with E-state index in [1.165, 1.54) is 0 Å². The van der Waals surface area contributed by atoms with Crippen LogP contribution >= 0.6 is 33.9 Å². The Kier molecular flexibility index (Phi) is 3.91. The molecule has 1 aromatic heterocycles. The fourth-order valence-electron chi connectivity index (χ4n) is 0.860. The fraction of sp³-hybridized carbons (Fsp3) is 0.444. The van der Waals surface area contributed by atoms with Crippen LogP contribution in [0, 0.1) is 2.88 Å². The number of rotatable bonds is 3. The molecule has 0 aliphatic heterocycles. The van der Waals surface area contributed by atoms with Gasteiger partial charge in [0, 0.05) is 17.5 Å². The van der Waals surface area contributed by atoms with Gasteiger partial charge in [0.05, 0.1) is 8.45 Å². The zero-order valence-electron chi connectivity index (χ0n) is 8.13. The summed E-state index contributed by atoms with van der Waals surface area (Å²) in [5, 5.41) is 4.73. The van der Waals surface area contributed by atoms with Gasteiger partial charge in [-0.05, 0) is 42.5 Å². The first kappa shape index (κ1) is 11.9. The van der Waals surface area contributed by atoms with Crippen molar-refractivity contribution in [2.75, 3.05) is 6.54 Å². The summed E-state index contributed by atoms with van der Waals surface area (Å²) in [6.07, 6.45) is 0. The molecule has 0 spiro atoms. The number of nitrogens with two attached hydrogens (primary N) is 1. The van der Waals surface area contributed by atoms with Crippen molar-refractivity contribution >= 4 is 39.8 Å². The van der Waals surface area contributed by atoms with Crippen LogP contribution in [0.2, 0.25) is 0 Å². The van der Waals surface area contributed by atoms with E-state index in [9.17, 15) is 4.79 Å². The first-order chi connectivity index (χ1) is 6.44.